The predicted octanol–water partition coefficient (Wildman–Crippen LogP) is 3.10. The second-order valence-corrected chi connectivity index (χ2v) is 4.53. The quantitative estimate of drug-likeness (QED) is 0.888. The lowest BCUT2D eigenvalue weighted by Crippen LogP contribution is -2.13. The summed E-state index contributed by atoms with van der Waals surface area (Å²) in [5.74, 6) is -2.29. The van der Waals surface area contributed by atoms with Gasteiger partial charge in [0.15, 0.2) is 0 Å². The molecule has 108 valence electrons. The zero-order chi connectivity index (χ0) is 15.2. The zero-order valence-electron chi connectivity index (χ0n) is 11.2. The van der Waals surface area contributed by atoms with E-state index in [1.807, 2.05) is 30.3 Å². The minimum absolute atomic E-state index is 0.0157. The van der Waals surface area contributed by atoms with E-state index in [9.17, 15) is 14.0 Å². The molecule has 0 spiro atoms. The molecule has 2 aromatic carbocycles. The molecule has 0 bridgehead atoms. The monoisotopic (exact) mass is 287 g/mol. The van der Waals surface area contributed by atoms with E-state index >= 15 is 0 Å². The Morgan fingerprint density at radius 2 is 1.81 bits per heavy atom. The van der Waals surface area contributed by atoms with E-state index in [0.717, 1.165) is 11.6 Å². The van der Waals surface area contributed by atoms with Crippen molar-refractivity contribution in [2.75, 3.05) is 5.32 Å². The average molecular weight is 287 g/mol. The minimum atomic E-state index is -1.21. The summed E-state index contributed by atoms with van der Waals surface area (Å²) < 4.78 is 13.7. The van der Waals surface area contributed by atoms with Crippen molar-refractivity contribution in [2.45, 2.75) is 12.8 Å². The van der Waals surface area contributed by atoms with Crippen molar-refractivity contribution in [3.63, 3.8) is 0 Å². The Labute approximate surface area is 121 Å². The summed E-state index contributed by atoms with van der Waals surface area (Å²) in [6.45, 7) is 0. The molecule has 21 heavy (non-hydrogen) atoms. The van der Waals surface area contributed by atoms with E-state index in [0.29, 0.717) is 6.42 Å². The number of carbonyl (C=O) groups is 2. The summed E-state index contributed by atoms with van der Waals surface area (Å²) in [7, 11) is 0. The Hall–Kier alpha value is -2.69. The number of carboxylic acids is 1. The molecular weight excluding hydrogens is 273 g/mol. The van der Waals surface area contributed by atoms with Crippen molar-refractivity contribution in [2.24, 2.45) is 0 Å². The van der Waals surface area contributed by atoms with E-state index in [1.54, 1.807) is 0 Å². The number of aromatic carboxylic acids is 1. The summed E-state index contributed by atoms with van der Waals surface area (Å²) in [4.78, 5) is 22.5. The number of anilines is 1. The highest BCUT2D eigenvalue weighted by atomic mass is 19.1. The van der Waals surface area contributed by atoms with Crippen molar-refractivity contribution < 1.29 is 19.1 Å². The number of hydrogen-bond acceptors (Lipinski definition) is 2. The molecule has 0 heterocycles. The highest BCUT2D eigenvalue weighted by Crippen LogP contribution is 2.16. The average Bonchev–Trinajstić information content (AvgIpc) is 2.48. The summed E-state index contributed by atoms with van der Waals surface area (Å²) in [6, 6.07) is 12.9. The number of amides is 1. The van der Waals surface area contributed by atoms with Crippen LogP contribution in [0.3, 0.4) is 0 Å². The molecule has 0 aliphatic rings. The summed E-state index contributed by atoms with van der Waals surface area (Å²) >= 11 is 0. The summed E-state index contributed by atoms with van der Waals surface area (Å²) in [5, 5.41) is 11.2. The summed E-state index contributed by atoms with van der Waals surface area (Å²) in [5.41, 5.74) is 0.849. The maximum Gasteiger partial charge on any atom is 0.335 e. The molecule has 0 aromatic heterocycles. The number of halogens is 1. The van der Waals surface area contributed by atoms with Crippen LogP contribution in [0.15, 0.2) is 48.5 Å². The largest absolute Gasteiger partial charge is 0.478 e. The molecule has 0 radical (unpaired) electrons. The standard InChI is InChI=1S/C16H14FNO3/c17-13-10-12(16(20)21)7-8-14(13)18-15(19)9-6-11-4-2-1-3-5-11/h1-5,7-8,10H,6,9H2,(H,18,19)(H,20,21). The fraction of sp³-hybridized carbons (Fsp3) is 0.125. The first-order valence-corrected chi connectivity index (χ1v) is 6.43. The van der Waals surface area contributed by atoms with Crippen LogP contribution >= 0.6 is 0 Å². The van der Waals surface area contributed by atoms with Gasteiger partial charge in [0.2, 0.25) is 5.91 Å². The van der Waals surface area contributed by atoms with Crippen molar-refractivity contribution in [3.05, 3.63) is 65.5 Å². The lowest BCUT2D eigenvalue weighted by molar-refractivity contribution is -0.116. The predicted molar refractivity (Wildman–Crippen MR) is 76.8 cm³/mol. The summed E-state index contributed by atoms with van der Waals surface area (Å²) in [6.07, 6.45) is 0.783. The molecule has 2 rings (SSSR count). The van der Waals surface area contributed by atoms with Crippen LogP contribution in [0.4, 0.5) is 10.1 Å². The fourth-order valence-electron chi connectivity index (χ4n) is 1.86. The third-order valence-corrected chi connectivity index (χ3v) is 2.97. The van der Waals surface area contributed by atoms with Gasteiger partial charge in [-0.25, -0.2) is 9.18 Å². The molecule has 5 heteroatoms. The second kappa shape index (κ2) is 6.65. The van der Waals surface area contributed by atoms with Gasteiger partial charge in [-0.1, -0.05) is 30.3 Å². The molecule has 4 nitrogen and oxygen atoms in total. The van der Waals surface area contributed by atoms with E-state index < -0.39 is 11.8 Å². The van der Waals surface area contributed by atoms with Crippen LogP contribution in [0.5, 0.6) is 0 Å². The van der Waals surface area contributed by atoms with Gasteiger partial charge in [0, 0.05) is 6.42 Å². The molecule has 0 atom stereocenters. The van der Waals surface area contributed by atoms with Crippen LogP contribution in [0, 0.1) is 5.82 Å². The zero-order valence-corrected chi connectivity index (χ0v) is 11.2. The number of benzene rings is 2. The Morgan fingerprint density at radius 3 is 2.43 bits per heavy atom. The minimum Gasteiger partial charge on any atom is -0.478 e. The van der Waals surface area contributed by atoms with Gasteiger partial charge >= 0.3 is 5.97 Å². The number of carbonyl (C=O) groups excluding carboxylic acids is 1. The number of hydrogen-bond donors (Lipinski definition) is 2. The molecule has 2 aromatic rings. The SMILES string of the molecule is O=C(CCc1ccccc1)Nc1ccc(C(=O)O)cc1F. The van der Waals surface area contributed by atoms with Gasteiger partial charge in [-0.05, 0) is 30.2 Å². The van der Waals surface area contributed by atoms with Crippen molar-refractivity contribution in [3.8, 4) is 0 Å². The molecule has 0 saturated heterocycles. The van der Waals surface area contributed by atoms with Crippen molar-refractivity contribution in [1.29, 1.82) is 0 Å². The number of aryl methyl sites for hydroxylation is 1. The van der Waals surface area contributed by atoms with Gasteiger partial charge in [0.05, 0.1) is 11.3 Å². The Balaban J connectivity index is 1.95. The van der Waals surface area contributed by atoms with Crippen LogP contribution in [0.1, 0.15) is 22.3 Å². The maximum absolute atomic E-state index is 13.7. The van der Waals surface area contributed by atoms with Gasteiger partial charge in [-0.2, -0.15) is 0 Å². The maximum atomic E-state index is 13.7. The lowest BCUT2D eigenvalue weighted by Gasteiger charge is -2.07. The number of carboxylic acid groups (broad SMARTS) is 1. The molecule has 1 amide bonds. The molecule has 0 saturated carbocycles. The highest BCUT2D eigenvalue weighted by Gasteiger charge is 2.10. The Kier molecular flexibility index (Phi) is 4.66. The fourth-order valence-corrected chi connectivity index (χ4v) is 1.86. The normalized spacial score (nSPS) is 10.1. The van der Waals surface area contributed by atoms with Crippen molar-refractivity contribution in [1.82, 2.24) is 0 Å². The van der Waals surface area contributed by atoms with Gasteiger partial charge < -0.3 is 10.4 Å². The first-order valence-electron chi connectivity index (χ1n) is 6.43. The van der Waals surface area contributed by atoms with Gasteiger partial charge in [0.1, 0.15) is 5.82 Å². The van der Waals surface area contributed by atoms with Crippen LogP contribution in [-0.4, -0.2) is 17.0 Å². The van der Waals surface area contributed by atoms with E-state index in [2.05, 4.69) is 5.32 Å². The molecule has 0 fully saturated rings. The van der Waals surface area contributed by atoms with Gasteiger partial charge in [-0.15, -0.1) is 0 Å². The van der Waals surface area contributed by atoms with E-state index in [4.69, 9.17) is 5.11 Å². The van der Waals surface area contributed by atoms with Crippen molar-refractivity contribution >= 4 is 17.6 Å². The third kappa shape index (κ3) is 4.14. The first kappa shape index (κ1) is 14.7. The lowest BCUT2D eigenvalue weighted by atomic mass is 10.1. The molecule has 0 aliphatic heterocycles. The number of nitrogens with one attached hydrogen (secondary N) is 1. The molecular formula is C16H14FNO3. The van der Waals surface area contributed by atoms with Gasteiger partial charge in [0.25, 0.3) is 0 Å². The number of rotatable bonds is 5. The highest BCUT2D eigenvalue weighted by molar-refractivity contribution is 5.92. The third-order valence-electron chi connectivity index (χ3n) is 2.97. The van der Waals surface area contributed by atoms with Crippen LogP contribution in [0.25, 0.3) is 0 Å². The van der Waals surface area contributed by atoms with E-state index in [-0.39, 0.29) is 23.6 Å². The molecule has 2 N–H and O–H groups in total. The van der Waals surface area contributed by atoms with Crippen LogP contribution in [-0.2, 0) is 11.2 Å². The Bertz CT molecular complexity index is 656. The van der Waals surface area contributed by atoms with Crippen LogP contribution < -0.4 is 5.32 Å². The first-order chi connectivity index (χ1) is 10.1. The van der Waals surface area contributed by atoms with Gasteiger partial charge in [-0.3, -0.25) is 4.79 Å². The van der Waals surface area contributed by atoms with Crippen LogP contribution in [0.2, 0.25) is 0 Å². The molecule has 0 unspecified atom stereocenters. The topological polar surface area (TPSA) is 66.4 Å². The smallest absolute Gasteiger partial charge is 0.335 e. The van der Waals surface area contributed by atoms with E-state index in [1.165, 1.54) is 12.1 Å². The second-order valence-electron chi connectivity index (χ2n) is 4.53. The molecule has 0 aliphatic carbocycles. The Morgan fingerprint density at radius 1 is 1.10 bits per heavy atom.